The summed E-state index contributed by atoms with van der Waals surface area (Å²) in [6, 6.07) is 9.50. The van der Waals surface area contributed by atoms with E-state index >= 15 is 0 Å². The van der Waals surface area contributed by atoms with Gasteiger partial charge in [-0.2, -0.15) is 5.26 Å². The molecule has 5 heteroatoms. The zero-order valence-corrected chi connectivity index (χ0v) is 12.5. The zero-order valence-electron chi connectivity index (χ0n) is 9.54. The Hall–Kier alpha value is -1.32. The van der Waals surface area contributed by atoms with Gasteiger partial charge in [0.05, 0.1) is 11.3 Å². The number of rotatable bonds is 2. The van der Waals surface area contributed by atoms with Crippen LogP contribution in [0.2, 0.25) is 5.02 Å². The summed E-state index contributed by atoms with van der Waals surface area (Å²) in [6.45, 7) is 1.89. The van der Waals surface area contributed by atoms with Gasteiger partial charge in [0.25, 0.3) is 0 Å². The Morgan fingerprint density at radius 1 is 1.39 bits per heavy atom. The molecule has 0 radical (unpaired) electrons. The van der Waals surface area contributed by atoms with Crippen molar-refractivity contribution >= 4 is 45.7 Å². The Kier molecular flexibility index (Phi) is 4.04. The summed E-state index contributed by atoms with van der Waals surface area (Å²) in [5, 5.41) is 13.0. The van der Waals surface area contributed by atoms with Crippen molar-refractivity contribution in [1.29, 1.82) is 5.26 Å². The Labute approximate surface area is 124 Å². The van der Waals surface area contributed by atoms with Gasteiger partial charge in [-0.3, -0.25) is 0 Å². The van der Waals surface area contributed by atoms with E-state index in [1.54, 1.807) is 12.3 Å². The number of benzene rings is 1. The number of nitriles is 1. The first kappa shape index (κ1) is 13.1. The minimum atomic E-state index is 0.559. The number of anilines is 2. The van der Waals surface area contributed by atoms with Gasteiger partial charge in [-0.05, 0) is 59.3 Å². The number of nitrogens with one attached hydrogen (secondary N) is 1. The third-order valence-corrected chi connectivity index (χ3v) is 3.58. The number of halogens is 2. The quantitative estimate of drug-likeness (QED) is 0.805. The molecule has 0 unspecified atom stereocenters. The van der Waals surface area contributed by atoms with Crippen molar-refractivity contribution in [3.63, 3.8) is 0 Å². The van der Waals surface area contributed by atoms with Crippen molar-refractivity contribution in [2.45, 2.75) is 6.92 Å². The van der Waals surface area contributed by atoms with Crippen LogP contribution in [0.25, 0.3) is 0 Å². The fourth-order valence-corrected chi connectivity index (χ4v) is 2.52. The van der Waals surface area contributed by atoms with Crippen LogP contribution in [0.1, 0.15) is 11.1 Å². The third-order valence-electron chi connectivity index (χ3n) is 2.46. The van der Waals surface area contributed by atoms with E-state index in [-0.39, 0.29) is 0 Å². The maximum atomic E-state index is 9.14. The summed E-state index contributed by atoms with van der Waals surface area (Å²) in [7, 11) is 0. The molecule has 0 bridgehead atoms. The Balaban J connectivity index is 2.41. The molecule has 0 aliphatic carbocycles. The highest BCUT2D eigenvalue weighted by molar-refractivity contribution is 14.1. The van der Waals surface area contributed by atoms with E-state index in [4.69, 9.17) is 16.9 Å². The van der Waals surface area contributed by atoms with Crippen molar-refractivity contribution < 1.29 is 0 Å². The first-order chi connectivity index (χ1) is 8.61. The summed E-state index contributed by atoms with van der Waals surface area (Å²) in [4.78, 5) is 4.20. The number of hydrogen-bond donors (Lipinski definition) is 1. The molecular weight excluding hydrogens is 361 g/mol. The lowest BCUT2D eigenvalue weighted by molar-refractivity contribution is 1.24. The van der Waals surface area contributed by atoms with Gasteiger partial charge in [0, 0.05) is 14.8 Å². The summed E-state index contributed by atoms with van der Waals surface area (Å²) in [5.41, 5.74) is 2.34. The normalized spacial score (nSPS) is 9.89. The molecule has 1 heterocycles. The van der Waals surface area contributed by atoms with Gasteiger partial charge in [-0.15, -0.1) is 0 Å². The fraction of sp³-hybridized carbons (Fsp3) is 0.0769. The highest BCUT2D eigenvalue weighted by Gasteiger charge is 2.08. The van der Waals surface area contributed by atoms with E-state index in [1.807, 2.05) is 25.1 Å². The maximum absolute atomic E-state index is 9.14. The van der Waals surface area contributed by atoms with Crippen LogP contribution in [-0.4, -0.2) is 4.98 Å². The topological polar surface area (TPSA) is 48.7 Å². The molecular formula is C13H9ClIN3. The number of nitrogens with zero attached hydrogens (tertiary/aromatic N) is 2. The van der Waals surface area contributed by atoms with Crippen molar-refractivity contribution in [2.75, 3.05) is 5.32 Å². The van der Waals surface area contributed by atoms with Gasteiger partial charge in [0.15, 0.2) is 0 Å². The molecule has 0 atom stereocenters. The average molecular weight is 370 g/mol. The minimum absolute atomic E-state index is 0.559. The highest BCUT2D eigenvalue weighted by atomic mass is 127. The predicted molar refractivity (Wildman–Crippen MR) is 81.1 cm³/mol. The van der Waals surface area contributed by atoms with Crippen LogP contribution < -0.4 is 5.32 Å². The second kappa shape index (κ2) is 5.55. The van der Waals surface area contributed by atoms with E-state index in [9.17, 15) is 0 Å². The van der Waals surface area contributed by atoms with E-state index < -0.39 is 0 Å². The summed E-state index contributed by atoms with van der Waals surface area (Å²) in [6.07, 6.45) is 1.68. The average Bonchev–Trinajstić information content (AvgIpc) is 2.33. The number of pyridine rings is 1. The van der Waals surface area contributed by atoms with E-state index in [1.165, 1.54) is 0 Å². The summed E-state index contributed by atoms with van der Waals surface area (Å²) < 4.78 is 0.979. The van der Waals surface area contributed by atoms with Crippen LogP contribution in [-0.2, 0) is 0 Å². The molecule has 1 N–H and O–H groups in total. The molecule has 0 aliphatic rings. The molecule has 18 heavy (non-hydrogen) atoms. The van der Waals surface area contributed by atoms with Crippen LogP contribution in [0.4, 0.5) is 11.5 Å². The molecule has 0 spiro atoms. The maximum Gasteiger partial charge on any atom is 0.148 e. The molecule has 1 aromatic heterocycles. The van der Waals surface area contributed by atoms with Crippen molar-refractivity contribution in [3.8, 4) is 6.07 Å². The number of hydrogen-bond acceptors (Lipinski definition) is 3. The van der Waals surface area contributed by atoms with Gasteiger partial charge in [0.1, 0.15) is 11.9 Å². The Bertz CT molecular complexity index is 635. The summed E-state index contributed by atoms with van der Waals surface area (Å²) >= 11 is 8.09. The second-order valence-corrected chi connectivity index (χ2v) is 5.31. The lowest BCUT2D eigenvalue weighted by Crippen LogP contribution is -1.99. The SMILES string of the molecule is Cc1ccnc(Nc2ccc(Cl)cc2I)c1C#N. The molecule has 3 nitrogen and oxygen atoms in total. The van der Waals surface area contributed by atoms with Crippen LogP contribution in [0.5, 0.6) is 0 Å². The van der Waals surface area contributed by atoms with Gasteiger partial charge in [-0.25, -0.2) is 4.98 Å². The van der Waals surface area contributed by atoms with Gasteiger partial charge in [-0.1, -0.05) is 11.6 Å². The van der Waals surface area contributed by atoms with Crippen LogP contribution in [0, 0.1) is 21.8 Å². The first-order valence-electron chi connectivity index (χ1n) is 5.19. The Morgan fingerprint density at radius 2 is 2.17 bits per heavy atom. The molecule has 0 fully saturated rings. The van der Waals surface area contributed by atoms with Gasteiger partial charge >= 0.3 is 0 Å². The van der Waals surface area contributed by atoms with Crippen molar-refractivity contribution in [2.24, 2.45) is 0 Å². The van der Waals surface area contributed by atoms with Crippen LogP contribution >= 0.6 is 34.2 Å². The smallest absolute Gasteiger partial charge is 0.148 e. The molecule has 2 aromatic rings. The van der Waals surface area contributed by atoms with Crippen LogP contribution in [0.15, 0.2) is 30.5 Å². The van der Waals surface area contributed by atoms with Crippen molar-refractivity contribution in [3.05, 3.63) is 50.2 Å². The monoisotopic (exact) mass is 369 g/mol. The van der Waals surface area contributed by atoms with E-state index in [0.717, 1.165) is 14.8 Å². The molecule has 0 aliphatic heterocycles. The highest BCUT2D eigenvalue weighted by Crippen LogP contribution is 2.26. The third kappa shape index (κ3) is 2.74. The lowest BCUT2D eigenvalue weighted by atomic mass is 10.1. The standard InChI is InChI=1S/C13H9ClIN3/c1-8-4-5-17-13(10(8)7-16)18-12-3-2-9(14)6-11(12)15/h2-6H,1H3,(H,17,18). The second-order valence-electron chi connectivity index (χ2n) is 3.71. The minimum Gasteiger partial charge on any atom is -0.338 e. The van der Waals surface area contributed by atoms with E-state index in [2.05, 4.69) is 39.0 Å². The lowest BCUT2D eigenvalue weighted by Gasteiger charge is -2.10. The van der Waals surface area contributed by atoms with Crippen molar-refractivity contribution in [1.82, 2.24) is 4.98 Å². The fourth-order valence-electron chi connectivity index (χ4n) is 1.51. The molecule has 0 amide bonds. The zero-order chi connectivity index (χ0) is 13.1. The van der Waals surface area contributed by atoms with Crippen LogP contribution in [0.3, 0.4) is 0 Å². The van der Waals surface area contributed by atoms with E-state index in [0.29, 0.717) is 16.4 Å². The molecule has 0 saturated carbocycles. The Morgan fingerprint density at radius 3 is 2.83 bits per heavy atom. The summed E-state index contributed by atoms with van der Waals surface area (Å²) in [5.74, 6) is 0.567. The predicted octanol–water partition coefficient (Wildman–Crippen LogP) is 4.26. The first-order valence-corrected chi connectivity index (χ1v) is 6.65. The largest absolute Gasteiger partial charge is 0.338 e. The van der Waals surface area contributed by atoms with Gasteiger partial charge < -0.3 is 5.32 Å². The molecule has 1 aromatic carbocycles. The van der Waals surface area contributed by atoms with Gasteiger partial charge in [0.2, 0.25) is 0 Å². The number of aryl methyl sites for hydroxylation is 1. The molecule has 90 valence electrons. The number of aromatic nitrogens is 1. The molecule has 0 saturated heterocycles. The molecule has 2 rings (SSSR count).